The van der Waals surface area contributed by atoms with E-state index < -0.39 is 0 Å². The molecule has 1 aromatic carbocycles. The highest BCUT2D eigenvalue weighted by atomic mass is 15.2. The van der Waals surface area contributed by atoms with Crippen molar-refractivity contribution in [2.24, 2.45) is 5.92 Å². The second-order valence-corrected chi connectivity index (χ2v) is 5.89. The molecule has 0 spiro atoms. The van der Waals surface area contributed by atoms with Gasteiger partial charge in [0.25, 0.3) is 0 Å². The fourth-order valence-electron chi connectivity index (χ4n) is 3.81. The van der Waals surface area contributed by atoms with Crippen LogP contribution in [0.5, 0.6) is 0 Å². The van der Waals surface area contributed by atoms with Crippen molar-refractivity contribution in [3.8, 4) is 0 Å². The van der Waals surface area contributed by atoms with E-state index in [2.05, 4.69) is 17.0 Å². The van der Waals surface area contributed by atoms with Crippen molar-refractivity contribution < 1.29 is 0 Å². The molecular weight excluding hydrogens is 220 g/mol. The van der Waals surface area contributed by atoms with Crippen LogP contribution in [0.4, 0.5) is 5.69 Å². The number of nitrogens with two attached hydrogens (primary N) is 1. The van der Waals surface area contributed by atoms with E-state index in [1.807, 2.05) is 12.1 Å². The highest BCUT2D eigenvalue weighted by Crippen LogP contribution is 2.36. The summed E-state index contributed by atoms with van der Waals surface area (Å²) in [4.78, 5) is 2.72. The number of fused-ring (bicyclic) bond motifs is 1. The van der Waals surface area contributed by atoms with E-state index in [1.165, 1.54) is 50.8 Å². The van der Waals surface area contributed by atoms with E-state index in [-0.39, 0.29) is 0 Å². The number of para-hydroxylation sites is 1. The van der Waals surface area contributed by atoms with Gasteiger partial charge in [-0.15, -0.1) is 0 Å². The molecule has 1 aliphatic carbocycles. The minimum Gasteiger partial charge on any atom is -0.399 e. The highest BCUT2D eigenvalue weighted by molar-refractivity contribution is 5.46. The van der Waals surface area contributed by atoms with Gasteiger partial charge in [0, 0.05) is 18.3 Å². The quantitative estimate of drug-likeness (QED) is 0.828. The third-order valence-corrected chi connectivity index (χ3v) is 4.85. The molecule has 0 amide bonds. The van der Waals surface area contributed by atoms with Crippen molar-refractivity contribution in [2.75, 3.05) is 18.8 Å². The van der Waals surface area contributed by atoms with Gasteiger partial charge in [-0.25, -0.2) is 0 Å². The number of anilines is 1. The van der Waals surface area contributed by atoms with Crippen molar-refractivity contribution in [3.05, 3.63) is 29.8 Å². The largest absolute Gasteiger partial charge is 0.399 e. The van der Waals surface area contributed by atoms with Gasteiger partial charge in [0.05, 0.1) is 0 Å². The zero-order chi connectivity index (χ0) is 12.4. The lowest BCUT2D eigenvalue weighted by atomic mass is 9.85. The molecule has 18 heavy (non-hydrogen) atoms. The van der Waals surface area contributed by atoms with Gasteiger partial charge in [0.15, 0.2) is 0 Å². The Labute approximate surface area is 110 Å². The molecule has 98 valence electrons. The fourth-order valence-corrected chi connectivity index (χ4v) is 3.81. The molecule has 2 fully saturated rings. The van der Waals surface area contributed by atoms with E-state index in [0.717, 1.165) is 24.1 Å². The second-order valence-electron chi connectivity index (χ2n) is 5.89. The number of likely N-dealkylation sites (tertiary alicyclic amines) is 1. The van der Waals surface area contributed by atoms with Crippen LogP contribution in [0.1, 0.15) is 37.7 Å². The first-order valence-electron chi connectivity index (χ1n) is 7.42. The Morgan fingerprint density at radius 3 is 2.83 bits per heavy atom. The predicted octanol–water partition coefficient (Wildman–Crippen LogP) is 3.08. The monoisotopic (exact) mass is 244 g/mol. The van der Waals surface area contributed by atoms with E-state index in [9.17, 15) is 0 Å². The normalized spacial score (nSPS) is 28.2. The van der Waals surface area contributed by atoms with Gasteiger partial charge in [0.1, 0.15) is 0 Å². The molecule has 1 saturated carbocycles. The maximum Gasteiger partial charge on any atom is 0.0347 e. The van der Waals surface area contributed by atoms with Gasteiger partial charge in [0.2, 0.25) is 0 Å². The lowest BCUT2D eigenvalue weighted by Crippen LogP contribution is -2.36. The average Bonchev–Trinajstić information content (AvgIpc) is 2.81. The molecule has 1 aliphatic heterocycles. The van der Waals surface area contributed by atoms with Crippen LogP contribution in [0, 0.1) is 5.92 Å². The standard InChI is InChI=1S/C16H24N2/c17-15-7-3-1-5-13(15)9-11-18-12-10-14-6-2-4-8-16(14)18/h1,3,5,7,14,16H,2,4,6,8-12,17H2. The molecule has 2 nitrogen and oxygen atoms in total. The molecule has 2 unspecified atom stereocenters. The summed E-state index contributed by atoms with van der Waals surface area (Å²) in [5, 5.41) is 0. The Bertz CT molecular complexity index is 402. The zero-order valence-corrected chi connectivity index (χ0v) is 11.1. The van der Waals surface area contributed by atoms with E-state index >= 15 is 0 Å². The Hall–Kier alpha value is -1.02. The molecule has 1 saturated heterocycles. The summed E-state index contributed by atoms with van der Waals surface area (Å²) < 4.78 is 0. The minimum atomic E-state index is 0.878. The maximum absolute atomic E-state index is 6.02. The Balaban J connectivity index is 1.59. The van der Waals surface area contributed by atoms with Gasteiger partial charge >= 0.3 is 0 Å². The summed E-state index contributed by atoms with van der Waals surface area (Å²) in [6.45, 7) is 2.50. The molecule has 3 rings (SSSR count). The summed E-state index contributed by atoms with van der Waals surface area (Å²) >= 11 is 0. The molecule has 0 radical (unpaired) electrons. The third kappa shape index (κ3) is 2.39. The number of hydrogen-bond acceptors (Lipinski definition) is 2. The molecule has 2 heteroatoms. The molecular formula is C16H24N2. The van der Waals surface area contributed by atoms with Crippen LogP contribution in [0.2, 0.25) is 0 Å². The predicted molar refractivity (Wildman–Crippen MR) is 76.5 cm³/mol. The lowest BCUT2D eigenvalue weighted by Gasteiger charge is -2.31. The van der Waals surface area contributed by atoms with Gasteiger partial charge in [-0.3, -0.25) is 4.90 Å². The van der Waals surface area contributed by atoms with Crippen molar-refractivity contribution in [1.29, 1.82) is 0 Å². The number of rotatable bonds is 3. The van der Waals surface area contributed by atoms with Crippen LogP contribution in [0.3, 0.4) is 0 Å². The molecule has 2 atom stereocenters. The van der Waals surface area contributed by atoms with Crippen LogP contribution >= 0.6 is 0 Å². The van der Waals surface area contributed by atoms with E-state index in [4.69, 9.17) is 5.73 Å². The van der Waals surface area contributed by atoms with Crippen molar-refractivity contribution in [3.63, 3.8) is 0 Å². The van der Waals surface area contributed by atoms with Gasteiger partial charge < -0.3 is 5.73 Å². The molecule has 1 heterocycles. The van der Waals surface area contributed by atoms with Crippen molar-refractivity contribution in [2.45, 2.75) is 44.6 Å². The number of nitrogens with zero attached hydrogens (tertiary/aromatic N) is 1. The molecule has 0 bridgehead atoms. The Kier molecular flexibility index (Phi) is 3.55. The average molecular weight is 244 g/mol. The molecule has 0 aromatic heterocycles. The number of nitrogen functional groups attached to an aromatic ring is 1. The first-order chi connectivity index (χ1) is 8.84. The molecule has 2 N–H and O–H groups in total. The SMILES string of the molecule is Nc1ccccc1CCN1CCC2CCCCC21. The topological polar surface area (TPSA) is 29.3 Å². The summed E-state index contributed by atoms with van der Waals surface area (Å²) in [6.07, 6.45) is 8.32. The van der Waals surface area contributed by atoms with Gasteiger partial charge in [-0.1, -0.05) is 31.0 Å². The summed E-state index contributed by atoms with van der Waals surface area (Å²) in [5.41, 5.74) is 8.29. The summed E-state index contributed by atoms with van der Waals surface area (Å²) in [5.74, 6) is 0.992. The van der Waals surface area contributed by atoms with E-state index in [0.29, 0.717) is 0 Å². The second kappa shape index (κ2) is 5.31. The fraction of sp³-hybridized carbons (Fsp3) is 0.625. The molecule has 1 aromatic rings. The highest BCUT2D eigenvalue weighted by Gasteiger charge is 2.34. The lowest BCUT2D eigenvalue weighted by molar-refractivity contribution is 0.184. The van der Waals surface area contributed by atoms with Gasteiger partial charge in [-0.2, -0.15) is 0 Å². The molecule has 2 aliphatic rings. The minimum absolute atomic E-state index is 0.878. The zero-order valence-electron chi connectivity index (χ0n) is 11.1. The smallest absolute Gasteiger partial charge is 0.0347 e. The Morgan fingerprint density at radius 1 is 1.11 bits per heavy atom. The number of hydrogen-bond donors (Lipinski definition) is 1. The van der Waals surface area contributed by atoms with Crippen LogP contribution in [-0.2, 0) is 6.42 Å². The Morgan fingerprint density at radius 2 is 1.94 bits per heavy atom. The third-order valence-electron chi connectivity index (χ3n) is 4.85. The summed E-state index contributed by atoms with van der Waals surface area (Å²) in [7, 11) is 0. The van der Waals surface area contributed by atoms with Crippen LogP contribution in [-0.4, -0.2) is 24.0 Å². The first-order valence-corrected chi connectivity index (χ1v) is 7.42. The summed E-state index contributed by atoms with van der Waals surface area (Å²) in [6, 6.07) is 9.18. The maximum atomic E-state index is 6.02. The van der Waals surface area contributed by atoms with Crippen molar-refractivity contribution in [1.82, 2.24) is 4.90 Å². The first kappa shape index (κ1) is 12.0. The number of benzene rings is 1. The van der Waals surface area contributed by atoms with Crippen LogP contribution < -0.4 is 5.73 Å². The van der Waals surface area contributed by atoms with Crippen LogP contribution in [0.15, 0.2) is 24.3 Å². The van der Waals surface area contributed by atoms with E-state index in [1.54, 1.807) is 0 Å². The van der Waals surface area contributed by atoms with Crippen molar-refractivity contribution >= 4 is 5.69 Å². The van der Waals surface area contributed by atoms with Crippen LogP contribution in [0.25, 0.3) is 0 Å². The van der Waals surface area contributed by atoms with Gasteiger partial charge in [-0.05, 0) is 49.8 Å².